The van der Waals surface area contributed by atoms with Crippen LogP contribution >= 0.6 is 15.9 Å². The maximum atomic E-state index is 11.6. The van der Waals surface area contributed by atoms with Crippen LogP contribution in [0.3, 0.4) is 0 Å². The molecule has 1 amide bonds. The zero-order valence-electron chi connectivity index (χ0n) is 10.3. The van der Waals surface area contributed by atoms with E-state index in [4.69, 9.17) is 9.88 Å². The van der Waals surface area contributed by atoms with Crippen LogP contribution in [-0.4, -0.2) is 27.5 Å². The van der Waals surface area contributed by atoms with E-state index in [1.165, 1.54) is 18.2 Å². The van der Waals surface area contributed by atoms with Crippen LogP contribution in [-0.2, 0) is 19.6 Å². The highest BCUT2D eigenvalue weighted by atomic mass is 79.9. The van der Waals surface area contributed by atoms with Crippen molar-refractivity contribution < 1.29 is 17.9 Å². The average molecular weight is 351 g/mol. The number of ether oxygens (including phenoxy) is 1. The number of amides is 1. The third-order valence-electron chi connectivity index (χ3n) is 2.22. The summed E-state index contributed by atoms with van der Waals surface area (Å²) in [6.45, 7) is 2.75. The summed E-state index contributed by atoms with van der Waals surface area (Å²) in [5.41, 5.74) is 0.480. The van der Waals surface area contributed by atoms with Crippen molar-refractivity contribution in [2.45, 2.75) is 18.2 Å². The predicted molar refractivity (Wildman–Crippen MR) is 75.3 cm³/mol. The molecular weight excluding hydrogens is 336 g/mol. The molecule has 0 aromatic heterocycles. The molecule has 1 aromatic carbocycles. The Morgan fingerprint density at radius 3 is 2.68 bits per heavy atom. The molecule has 0 saturated carbocycles. The van der Waals surface area contributed by atoms with Crippen LogP contribution in [0.15, 0.2) is 27.6 Å². The van der Waals surface area contributed by atoms with Gasteiger partial charge < -0.3 is 10.1 Å². The van der Waals surface area contributed by atoms with Gasteiger partial charge in [0, 0.05) is 11.1 Å². The molecule has 106 valence electrons. The second-order valence-corrected chi connectivity index (χ2v) is 6.10. The average Bonchev–Trinajstić information content (AvgIpc) is 2.31. The van der Waals surface area contributed by atoms with Crippen molar-refractivity contribution in [2.24, 2.45) is 5.14 Å². The van der Waals surface area contributed by atoms with Gasteiger partial charge in [-0.15, -0.1) is 0 Å². The van der Waals surface area contributed by atoms with Crippen LogP contribution in [0.5, 0.6) is 0 Å². The standard InChI is InChI=1S/C11H15BrN2O4S/c1-2-18-6-5-11(15)14-10-4-3-8(7-9(10)12)19(13,16)17/h3-4,7H,2,5-6H2,1H3,(H,14,15)(H2,13,16,17). The SMILES string of the molecule is CCOCCC(=O)Nc1ccc(S(N)(=O)=O)cc1Br. The van der Waals surface area contributed by atoms with E-state index in [2.05, 4.69) is 21.2 Å². The first-order valence-corrected chi connectivity index (χ1v) is 7.88. The van der Waals surface area contributed by atoms with Gasteiger partial charge in [0.15, 0.2) is 0 Å². The normalized spacial score (nSPS) is 11.3. The second-order valence-electron chi connectivity index (χ2n) is 3.68. The van der Waals surface area contributed by atoms with E-state index in [0.717, 1.165) is 0 Å². The number of rotatable bonds is 6. The first-order valence-electron chi connectivity index (χ1n) is 5.54. The lowest BCUT2D eigenvalue weighted by atomic mass is 10.3. The van der Waals surface area contributed by atoms with Gasteiger partial charge in [0.25, 0.3) is 0 Å². The van der Waals surface area contributed by atoms with Crippen molar-refractivity contribution in [1.82, 2.24) is 0 Å². The van der Waals surface area contributed by atoms with Crippen LogP contribution in [0.4, 0.5) is 5.69 Å². The molecule has 8 heteroatoms. The van der Waals surface area contributed by atoms with Crippen LogP contribution in [0.1, 0.15) is 13.3 Å². The third-order valence-corrected chi connectivity index (χ3v) is 3.79. The lowest BCUT2D eigenvalue weighted by Gasteiger charge is -2.08. The molecule has 1 rings (SSSR count). The quantitative estimate of drug-likeness (QED) is 0.758. The molecule has 1 aromatic rings. The van der Waals surface area contributed by atoms with Crippen molar-refractivity contribution in [3.05, 3.63) is 22.7 Å². The summed E-state index contributed by atoms with van der Waals surface area (Å²) >= 11 is 3.18. The van der Waals surface area contributed by atoms with E-state index in [1.807, 2.05) is 6.92 Å². The van der Waals surface area contributed by atoms with Gasteiger partial charge in [-0.2, -0.15) is 0 Å². The first-order chi connectivity index (χ1) is 8.84. The highest BCUT2D eigenvalue weighted by Gasteiger charge is 2.11. The molecule has 0 radical (unpaired) electrons. The van der Waals surface area contributed by atoms with E-state index >= 15 is 0 Å². The van der Waals surface area contributed by atoms with E-state index < -0.39 is 10.0 Å². The molecule has 0 aliphatic rings. The Hall–Kier alpha value is -0.960. The highest BCUT2D eigenvalue weighted by molar-refractivity contribution is 9.10. The van der Waals surface area contributed by atoms with Crippen molar-refractivity contribution in [3.63, 3.8) is 0 Å². The molecule has 0 unspecified atom stereocenters. The maximum Gasteiger partial charge on any atom is 0.238 e. The molecular formula is C11H15BrN2O4S. The largest absolute Gasteiger partial charge is 0.381 e. The third kappa shape index (κ3) is 5.27. The molecule has 19 heavy (non-hydrogen) atoms. The molecule has 0 spiro atoms. The number of anilines is 1. The lowest BCUT2D eigenvalue weighted by molar-refractivity contribution is -0.117. The van der Waals surface area contributed by atoms with Gasteiger partial charge in [0.05, 0.1) is 23.6 Å². The maximum absolute atomic E-state index is 11.6. The molecule has 0 bridgehead atoms. The van der Waals surface area contributed by atoms with Crippen molar-refractivity contribution in [3.8, 4) is 0 Å². The first kappa shape index (κ1) is 16.1. The number of primary sulfonamides is 1. The summed E-state index contributed by atoms with van der Waals surface area (Å²) in [5, 5.41) is 7.65. The summed E-state index contributed by atoms with van der Waals surface area (Å²) in [6.07, 6.45) is 0.233. The van der Waals surface area contributed by atoms with Crippen molar-refractivity contribution in [1.29, 1.82) is 0 Å². The minimum Gasteiger partial charge on any atom is -0.381 e. The summed E-state index contributed by atoms with van der Waals surface area (Å²) in [5.74, 6) is -0.211. The Kier molecular flexibility index (Phi) is 5.92. The number of carbonyl (C=O) groups is 1. The molecule has 0 atom stereocenters. The molecule has 0 fully saturated rings. The van der Waals surface area contributed by atoms with Gasteiger partial charge in [0.1, 0.15) is 0 Å². The number of sulfonamides is 1. The number of hydrogen-bond acceptors (Lipinski definition) is 4. The van der Waals surface area contributed by atoms with Crippen LogP contribution < -0.4 is 10.5 Å². The fourth-order valence-electron chi connectivity index (χ4n) is 1.30. The number of carbonyl (C=O) groups excluding carboxylic acids is 1. The Labute approximate surface area is 120 Å². The Morgan fingerprint density at radius 2 is 2.16 bits per heavy atom. The molecule has 6 nitrogen and oxygen atoms in total. The fourth-order valence-corrected chi connectivity index (χ4v) is 2.47. The highest BCUT2D eigenvalue weighted by Crippen LogP contribution is 2.25. The lowest BCUT2D eigenvalue weighted by Crippen LogP contribution is -2.15. The number of nitrogens with one attached hydrogen (secondary N) is 1. The monoisotopic (exact) mass is 350 g/mol. The molecule has 0 heterocycles. The fraction of sp³-hybridized carbons (Fsp3) is 0.364. The summed E-state index contributed by atoms with van der Waals surface area (Å²) in [6, 6.07) is 4.15. The minimum atomic E-state index is -3.75. The van der Waals surface area contributed by atoms with Crippen LogP contribution in [0, 0.1) is 0 Å². The van der Waals surface area contributed by atoms with E-state index in [-0.39, 0.29) is 17.2 Å². The zero-order chi connectivity index (χ0) is 14.5. The Bertz CT molecular complexity index is 560. The van der Waals surface area contributed by atoms with Gasteiger partial charge in [-0.05, 0) is 41.1 Å². The molecule has 3 N–H and O–H groups in total. The van der Waals surface area contributed by atoms with E-state index in [9.17, 15) is 13.2 Å². The number of nitrogens with two attached hydrogens (primary N) is 1. The van der Waals surface area contributed by atoms with Gasteiger partial charge in [-0.3, -0.25) is 4.79 Å². The number of halogens is 1. The summed E-state index contributed by atoms with van der Waals surface area (Å²) in [7, 11) is -3.75. The van der Waals surface area contributed by atoms with Gasteiger partial charge in [0.2, 0.25) is 15.9 Å². The topological polar surface area (TPSA) is 98.5 Å². The van der Waals surface area contributed by atoms with Crippen LogP contribution in [0.25, 0.3) is 0 Å². The summed E-state index contributed by atoms with van der Waals surface area (Å²) in [4.78, 5) is 11.5. The zero-order valence-corrected chi connectivity index (χ0v) is 12.8. The van der Waals surface area contributed by atoms with Crippen molar-refractivity contribution in [2.75, 3.05) is 18.5 Å². The van der Waals surface area contributed by atoms with Crippen molar-refractivity contribution >= 4 is 37.5 Å². The Balaban J connectivity index is 2.73. The van der Waals surface area contributed by atoms with Gasteiger partial charge in [-0.1, -0.05) is 0 Å². The number of hydrogen-bond donors (Lipinski definition) is 2. The molecule has 0 aliphatic carbocycles. The molecule has 0 aliphatic heterocycles. The predicted octanol–water partition coefficient (Wildman–Crippen LogP) is 1.46. The summed E-state index contributed by atoms with van der Waals surface area (Å²) < 4.78 is 27.8. The van der Waals surface area contributed by atoms with Gasteiger partial charge >= 0.3 is 0 Å². The minimum absolute atomic E-state index is 0.0216. The Morgan fingerprint density at radius 1 is 1.47 bits per heavy atom. The van der Waals surface area contributed by atoms with Gasteiger partial charge in [-0.25, -0.2) is 13.6 Å². The second kappa shape index (κ2) is 6.99. The van der Waals surface area contributed by atoms with Crippen LogP contribution in [0.2, 0.25) is 0 Å². The van der Waals surface area contributed by atoms with E-state index in [0.29, 0.717) is 23.4 Å². The van der Waals surface area contributed by atoms with E-state index in [1.54, 1.807) is 0 Å². The molecule has 0 saturated heterocycles. The number of benzene rings is 1. The smallest absolute Gasteiger partial charge is 0.238 e.